The molecule has 0 saturated carbocycles. The van der Waals surface area contributed by atoms with Crippen LogP contribution in [0.5, 0.6) is 0 Å². The van der Waals surface area contributed by atoms with Crippen molar-refractivity contribution in [2.45, 2.75) is 19.1 Å². The lowest BCUT2D eigenvalue weighted by atomic mass is 10.1. The summed E-state index contributed by atoms with van der Waals surface area (Å²) in [6.07, 6.45) is -3.07. The van der Waals surface area contributed by atoms with Gasteiger partial charge >= 0.3 is 6.18 Å². The minimum absolute atomic E-state index is 0.312. The number of nitrogens with zero attached hydrogens (tertiary/aromatic N) is 1. The van der Waals surface area contributed by atoms with Crippen LogP contribution in [-0.4, -0.2) is 23.6 Å². The number of pyridine rings is 1. The lowest BCUT2D eigenvalue weighted by Gasteiger charge is -2.16. The number of aryl methyl sites for hydroxylation is 1. The van der Waals surface area contributed by atoms with E-state index >= 15 is 0 Å². The van der Waals surface area contributed by atoms with Crippen LogP contribution in [0.15, 0.2) is 18.3 Å². The van der Waals surface area contributed by atoms with Crippen molar-refractivity contribution < 1.29 is 18.0 Å². The highest BCUT2D eigenvalue weighted by atomic mass is 19.4. The van der Waals surface area contributed by atoms with Crippen molar-refractivity contribution in [2.75, 3.05) is 6.54 Å². The number of rotatable bonds is 4. The molecule has 0 aliphatic heterocycles. The Hall–Kier alpha value is -1.63. The van der Waals surface area contributed by atoms with Crippen molar-refractivity contribution in [3.05, 3.63) is 29.6 Å². The number of carbonyl (C=O) groups is 1. The monoisotopic (exact) mass is 247 g/mol. The van der Waals surface area contributed by atoms with E-state index in [4.69, 9.17) is 5.73 Å². The number of aromatic nitrogens is 1. The van der Waals surface area contributed by atoms with Crippen molar-refractivity contribution >= 4 is 5.91 Å². The summed E-state index contributed by atoms with van der Waals surface area (Å²) in [7, 11) is 0. The van der Waals surface area contributed by atoms with Crippen LogP contribution >= 0.6 is 0 Å². The van der Waals surface area contributed by atoms with Crippen LogP contribution in [0.4, 0.5) is 13.2 Å². The van der Waals surface area contributed by atoms with Gasteiger partial charge in [0.15, 0.2) is 0 Å². The number of alkyl halides is 3. The predicted octanol–water partition coefficient (Wildman–Crippen LogP) is 1.07. The van der Waals surface area contributed by atoms with Gasteiger partial charge in [0.05, 0.1) is 6.54 Å². The SMILES string of the molecule is Cc1ccc(C(NCC(F)(F)F)C(N)=O)cn1. The van der Waals surface area contributed by atoms with E-state index in [0.717, 1.165) is 0 Å². The Labute approximate surface area is 96.0 Å². The lowest BCUT2D eigenvalue weighted by Crippen LogP contribution is -2.39. The van der Waals surface area contributed by atoms with Crippen molar-refractivity contribution in [3.8, 4) is 0 Å². The van der Waals surface area contributed by atoms with Gasteiger partial charge in [-0.1, -0.05) is 6.07 Å². The van der Waals surface area contributed by atoms with Crippen LogP contribution in [-0.2, 0) is 4.79 Å². The number of amides is 1. The Bertz CT molecular complexity index is 389. The Morgan fingerprint density at radius 3 is 2.59 bits per heavy atom. The molecule has 1 aromatic rings. The molecule has 0 bridgehead atoms. The number of carbonyl (C=O) groups excluding carboxylic acids is 1. The fraction of sp³-hybridized carbons (Fsp3) is 0.400. The van der Waals surface area contributed by atoms with E-state index in [2.05, 4.69) is 10.3 Å². The van der Waals surface area contributed by atoms with E-state index in [1.807, 2.05) is 0 Å². The lowest BCUT2D eigenvalue weighted by molar-refractivity contribution is -0.130. The topological polar surface area (TPSA) is 68.0 Å². The molecule has 0 fully saturated rings. The molecule has 0 radical (unpaired) electrons. The summed E-state index contributed by atoms with van der Waals surface area (Å²) in [5, 5.41) is 2.06. The third-order valence-corrected chi connectivity index (χ3v) is 2.06. The van der Waals surface area contributed by atoms with Gasteiger partial charge in [-0.2, -0.15) is 13.2 Å². The number of hydrogen-bond acceptors (Lipinski definition) is 3. The average Bonchev–Trinajstić information content (AvgIpc) is 2.18. The molecule has 0 spiro atoms. The fourth-order valence-corrected chi connectivity index (χ4v) is 1.25. The summed E-state index contributed by atoms with van der Waals surface area (Å²) in [5.41, 5.74) is 6.05. The van der Waals surface area contributed by atoms with Gasteiger partial charge in [0.25, 0.3) is 0 Å². The molecule has 0 saturated heterocycles. The third-order valence-electron chi connectivity index (χ3n) is 2.06. The fourth-order valence-electron chi connectivity index (χ4n) is 1.25. The molecule has 0 aliphatic rings. The molecule has 7 heteroatoms. The second-order valence-corrected chi connectivity index (χ2v) is 3.56. The highest BCUT2D eigenvalue weighted by Gasteiger charge is 2.30. The van der Waals surface area contributed by atoms with Gasteiger partial charge in [-0.3, -0.25) is 15.1 Å². The van der Waals surface area contributed by atoms with Gasteiger partial charge in [0.2, 0.25) is 5.91 Å². The third kappa shape index (κ3) is 4.39. The molecule has 0 aromatic carbocycles. The van der Waals surface area contributed by atoms with Crippen molar-refractivity contribution in [1.29, 1.82) is 0 Å². The molecule has 0 aliphatic carbocycles. The van der Waals surface area contributed by atoms with Crippen molar-refractivity contribution in [2.24, 2.45) is 5.73 Å². The number of nitrogens with one attached hydrogen (secondary N) is 1. The molecule has 94 valence electrons. The van der Waals surface area contributed by atoms with Crippen LogP contribution in [0, 0.1) is 6.92 Å². The summed E-state index contributed by atoms with van der Waals surface area (Å²) >= 11 is 0. The number of primary amides is 1. The first kappa shape index (κ1) is 13.4. The van der Waals surface area contributed by atoms with E-state index < -0.39 is 24.7 Å². The van der Waals surface area contributed by atoms with Gasteiger partial charge in [-0.15, -0.1) is 0 Å². The van der Waals surface area contributed by atoms with Crippen LogP contribution in [0.2, 0.25) is 0 Å². The molecule has 1 unspecified atom stereocenters. The van der Waals surface area contributed by atoms with E-state index in [-0.39, 0.29) is 0 Å². The van der Waals surface area contributed by atoms with Crippen LogP contribution in [0.3, 0.4) is 0 Å². The van der Waals surface area contributed by atoms with Gasteiger partial charge in [0, 0.05) is 11.9 Å². The maximum absolute atomic E-state index is 12.0. The molecule has 3 N–H and O–H groups in total. The minimum Gasteiger partial charge on any atom is -0.368 e. The zero-order valence-corrected chi connectivity index (χ0v) is 9.08. The molecule has 1 atom stereocenters. The Kier molecular flexibility index (Phi) is 4.06. The predicted molar refractivity (Wildman–Crippen MR) is 55.0 cm³/mol. The average molecular weight is 247 g/mol. The Balaban J connectivity index is 2.79. The zero-order valence-electron chi connectivity index (χ0n) is 9.08. The quantitative estimate of drug-likeness (QED) is 0.836. The van der Waals surface area contributed by atoms with Crippen LogP contribution < -0.4 is 11.1 Å². The van der Waals surface area contributed by atoms with Gasteiger partial charge < -0.3 is 5.73 Å². The molecular weight excluding hydrogens is 235 g/mol. The van der Waals surface area contributed by atoms with E-state index in [1.54, 1.807) is 13.0 Å². The Morgan fingerprint density at radius 2 is 2.18 bits per heavy atom. The van der Waals surface area contributed by atoms with Gasteiger partial charge in [-0.05, 0) is 18.6 Å². The number of hydrogen-bond donors (Lipinski definition) is 2. The number of nitrogens with two attached hydrogens (primary N) is 1. The smallest absolute Gasteiger partial charge is 0.368 e. The summed E-state index contributed by atoms with van der Waals surface area (Å²) in [6, 6.07) is 1.92. The summed E-state index contributed by atoms with van der Waals surface area (Å²) < 4.78 is 36.1. The molecule has 1 heterocycles. The first-order valence-corrected chi connectivity index (χ1v) is 4.81. The maximum Gasteiger partial charge on any atom is 0.401 e. The van der Waals surface area contributed by atoms with E-state index in [1.165, 1.54) is 12.3 Å². The molecule has 17 heavy (non-hydrogen) atoms. The first-order chi connectivity index (χ1) is 7.79. The van der Waals surface area contributed by atoms with E-state index in [9.17, 15) is 18.0 Å². The largest absolute Gasteiger partial charge is 0.401 e. The Morgan fingerprint density at radius 1 is 1.53 bits per heavy atom. The normalized spacial score (nSPS) is 13.4. The van der Waals surface area contributed by atoms with E-state index in [0.29, 0.717) is 11.3 Å². The van der Waals surface area contributed by atoms with Gasteiger partial charge in [0.1, 0.15) is 6.04 Å². The number of halogens is 3. The molecule has 1 rings (SSSR count). The highest BCUT2D eigenvalue weighted by Crippen LogP contribution is 2.17. The minimum atomic E-state index is -4.40. The second kappa shape index (κ2) is 5.13. The second-order valence-electron chi connectivity index (χ2n) is 3.56. The molecular formula is C10H12F3N3O. The summed E-state index contributed by atoms with van der Waals surface area (Å²) in [6.45, 7) is 0.445. The molecule has 1 amide bonds. The first-order valence-electron chi connectivity index (χ1n) is 4.81. The van der Waals surface area contributed by atoms with Crippen molar-refractivity contribution in [1.82, 2.24) is 10.3 Å². The maximum atomic E-state index is 12.0. The van der Waals surface area contributed by atoms with Crippen LogP contribution in [0.25, 0.3) is 0 Å². The van der Waals surface area contributed by atoms with Crippen LogP contribution in [0.1, 0.15) is 17.3 Å². The zero-order chi connectivity index (χ0) is 13.1. The molecule has 4 nitrogen and oxygen atoms in total. The molecule has 1 aromatic heterocycles. The van der Waals surface area contributed by atoms with Crippen molar-refractivity contribution in [3.63, 3.8) is 0 Å². The highest BCUT2D eigenvalue weighted by molar-refractivity contribution is 5.81. The van der Waals surface area contributed by atoms with Gasteiger partial charge in [-0.25, -0.2) is 0 Å². The summed E-state index contributed by atoms with van der Waals surface area (Å²) in [5.74, 6) is -0.875. The summed E-state index contributed by atoms with van der Waals surface area (Å²) in [4.78, 5) is 15.0. The standard InChI is InChI=1S/C10H12F3N3O/c1-6-2-3-7(4-15-6)8(9(14)17)16-5-10(11,12)13/h2-4,8,16H,5H2,1H3,(H2,14,17).